The third-order valence-electron chi connectivity index (χ3n) is 8.58. The van der Waals surface area contributed by atoms with Crippen LogP contribution in [0.3, 0.4) is 0 Å². The Morgan fingerprint density at radius 3 is 2.04 bits per heavy atom. The number of H-pyrrole nitrogens is 1. The summed E-state index contributed by atoms with van der Waals surface area (Å²) in [6.07, 6.45) is 2.55. The summed E-state index contributed by atoms with van der Waals surface area (Å²) in [5.74, 6) is -0.128. The zero-order valence-electron chi connectivity index (χ0n) is 28.6. The van der Waals surface area contributed by atoms with E-state index in [0.29, 0.717) is 30.9 Å². The number of aromatic nitrogens is 3. The van der Waals surface area contributed by atoms with E-state index in [1.54, 1.807) is 36.4 Å². The van der Waals surface area contributed by atoms with Crippen molar-refractivity contribution in [3.05, 3.63) is 83.6 Å². The van der Waals surface area contributed by atoms with Crippen LogP contribution >= 0.6 is 11.6 Å². The van der Waals surface area contributed by atoms with Gasteiger partial charge in [-0.3, -0.25) is 9.59 Å². The number of nitrogens with one attached hydrogen (secondary N) is 4. The lowest BCUT2D eigenvalue weighted by Gasteiger charge is -2.29. The number of nitrogens with two attached hydrogens (primary N) is 1. The Balaban J connectivity index is 1.25. The molecule has 1 atom stereocenters. The molecule has 270 valence electrons. The van der Waals surface area contributed by atoms with E-state index in [9.17, 15) is 22.8 Å². The summed E-state index contributed by atoms with van der Waals surface area (Å²) in [6.45, 7) is 5.91. The highest BCUT2D eigenvalue weighted by atomic mass is 35.5. The highest BCUT2D eigenvalue weighted by Crippen LogP contribution is 2.29. The van der Waals surface area contributed by atoms with E-state index >= 15 is 0 Å². The number of alkyl carbamates (subject to hydrolysis) is 1. The highest BCUT2D eigenvalue weighted by molar-refractivity contribution is 7.89. The van der Waals surface area contributed by atoms with Crippen LogP contribution in [-0.2, 0) is 30.8 Å². The Hall–Kier alpha value is -4.79. The molecule has 6 N–H and O–H groups in total. The number of hydrogen-bond donors (Lipinski definition) is 5. The van der Waals surface area contributed by atoms with Crippen molar-refractivity contribution in [3.8, 4) is 22.5 Å². The monoisotopic (exact) mass is 735 g/mol. The molecule has 3 aromatic carbocycles. The molecule has 1 aromatic heterocycles. The van der Waals surface area contributed by atoms with Crippen molar-refractivity contribution in [1.29, 1.82) is 0 Å². The predicted molar refractivity (Wildman–Crippen MR) is 194 cm³/mol. The molecule has 1 heterocycles. The van der Waals surface area contributed by atoms with Crippen LogP contribution in [-0.4, -0.2) is 59.7 Å². The number of halogens is 1. The van der Waals surface area contributed by atoms with Crippen molar-refractivity contribution in [2.45, 2.75) is 69.4 Å². The van der Waals surface area contributed by atoms with E-state index in [2.05, 4.69) is 31.1 Å². The molecule has 15 heteroatoms. The molecule has 1 aliphatic rings. The van der Waals surface area contributed by atoms with E-state index in [-0.39, 0.29) is 40.3 Å². The van der Waals surface area contributed by atoms with Gasteiger partial charge in [-0.25, -0.2) is 18.4 Å². The molecule has 1 aliphatic carbocycles. The van der Waals surface area contributed by atoms with Crippen molar-refractivity contribution in [2.75, 3.05) is 11.9 Å². The lowest BCUT2D eigenvalue weighted by Crippen LogP contribution is -2.48. The molecule has 0 radical (unpaired) electrons. The van der Waals surface area contributed by atoms with Crippen LogP contribution in [0.4, 0.5) is 10.5 Å². The quantitative estimate of drug-likeness (QED) is 0.134. The van der Waals surface area contributed by atoms with Crippen LogP contribution in [0.25, 0.3) is 22.5 Å². The number of amides is 3. The van der Waals surface area contributed by atoms with Crippen molar-refractivity contribution in [1.82, 2.24) is 25.8 Å². The number of carbonyl (C=O) groups excluding carboxylic acids is 3. The number of carbonyl (C=O) groups is 3. The zero-order valence-corrected chi connectivity index (χ0v) is 30.2. The Bertz CT molecular complexity index is 1940. The Kier molecular flexibility index (Phi) is 11.8. The average molecular weight is 736 g/mol. The molecule has 51 heavy (non-hydrogen) atoms. The molecule has 0 saturated heterocycles. The normalized spacial score (nSPS) is 16.9. The first-order chi connectivity index (χ1) is 24.1. The van der Waals surface area contributed by atoms with E-state index in [0.717, 1.165) is 35.1 Å². The minimum atomic E-state index is -3.80. The molecule has 13 nitrogen and oxygen atoms in total. The SMILES string of the molecule is CC(C)(C)OC(=O)NC[C@H]1CC[C@H](C(=O)N[C@@H](Cc2ccc(-c3ccc(S(N)(=O)=O)cc3)cc2)C(=O)Nc2ccc(-c3nnc(Cl)[nH]3)cc2)CC1. The van der Waals surface area contributed by atoms with Gasteiger partial charge < -0.3 is 25.7 Å². The van der Waals surface area contributed by atoms with Crippen molar-refractivity contribution in [3.63, 3.8) is 0 Å². The van der Waals surface area contributed by atoms with Crippen LogP contribution in [0, 0.1) is 11.8 Å². The van der Waals surface area contributed by atoms with Gasteiger partial charge in [-0.05, 0) is 117 Å². The summed E-state index contributed by atoms with van der Waals surface area (Å²) < 4.78 is 28.6. The smallest absolute Gasteiger partial charge is 0.407 e. The van der Waals surface area contributed by atoms with E-state index in [1.165, 1.54) is 12.1 Å². The van der Waals surface area contributed by atoms with Crippen LogP contribution < -0.4 is 21.1 Å². The van der Waals surface area contributed by atoms with Crippen LogP contribution in [0.2, 0.25) is 5.28 Å². The number of primary sulfonamides is 1. The highest BCUT2D eigenvalue weighted by Gasteiger charge is 2.30. The van der Waals surface area contributed by atoms with Gasteiger partial charge in [-0.15, -0.1) is 10.2 Å². The second-order valence-electron chi connectivity index (χ2n) is 13.7. The van der Waals surface area contributed by atoms with Crippen molar-refractivity contribution in [2.24, 2.45) is 17.0 Å². The van der Waals surface area contributed by atoms with Crippen molar-refractivity contribution >= 4 is 45.2 Å². The van der Waals surface area contributed by atoms with Crippen LogP contribution in [0.15, 0.2) is 77.7 Å². The topological polar surface area (TPSA) is 198 Å². The van der Waals surface area contributed by atoms with Gasteiger partial charge in [0.2, 0.25) is 27.1 Å². The van der Waals surface area contributed by atoms with Crippen LogP contribution in [0.5, 0.6) is 0 Å². The first kappa shape index (κ1) is 37.5. The second-order valence-corrected chi connectivity index (χ2v) is 15.6. The lowest BCUT2D eigenvalue weighted by atomic mass is 9.81. The zero-order chi connectivity index (χ0) is 36.8. The number of benzene rings is 3. The maximum atomic E-state index is 13.7. The maximum Gasteiger partial charge on any atom is 0.407 e. The fourth-order valence-corrected chi connectivity index (χ4v) is 6.53. The summed E-state index contributed by atoms with van der Waals surface area (Å²) in [4.78, 5) is 42.2. The van der Waals surface area contributed by atoms with E-state index in [4.69, 9.17) is 21.5 Å². The third-order valence-corrected chi connectivity index (χ3v) is 9.68. The summed E-state index contributed by atoms with van der Waals surface area (Å²) in [5, 5.41) is 21.9. The van der Waals surface area contributed by atoms with Gasteiger partial charge in [0.1, 0.15) is 11.6 Å². The predicted octanol–water partition coefficient (Wildman–Crippen LogP) is 5.44. The van der Waals surface area contributed by atoms with Gasteiger partial charge in [0.25, 0.3) is 0 Å². The lowest BCUT2D eigenvalue weighted by molar-refractivity contribution is -0.130. The molecular weight excluding hydrogens is 694 g/mol. The Morgan fingerprint density at radius 1 is 0.902 bits per heavy atom. The maximum absolute atomic E-state index is 13.7. The number of anilines is 1. The average Bonchev–Trinajstić information content (AvgIpc) is 3.53. The molecule has 4 aromatic rings. The molecule has 0 aliphatic heterocycles. The molecule has 5 rings (SSSR count). The largest absolute Gasteiger partial charge is 0.444 e. The minimum absolute atomic E-state index is 0.0235. The summed E-state index contributed by atoms with van der Waals surface area (Å²) in [7, 11) is -3.80. The van der Waals surface area contributed by atoms with E-state index in [1.807, 2.05) is 45.0 Å². The van der Waals surface area contributed by atoms with Crippen molar-refractivity contribution < 1.29 is 27.5 Å². The Labute approximate surface area is 302 Å². The molecule has 0 unspecified atom stereocenters. The fourth-order valence-electron chi connectivity index (χ4n) is 5.89. The van der Waals surface area contributed by atoms with Crippen LogP contribution in [0.1, 0.15) is 52.0 Å². The van der Waals surface area contributed by atoms with Gasteiger partial charge in [0, 0.05) is 30.1 Å². The van der Waals surface area contributed by atoms with Gasteiger partial charge in [0.05, 0.1) is 4.90 Å². The third kappa shape index (κ3) is 10.8. The van der Waals surface area contributed by atoms with E-state index < -0.39 is 27.8 Å². The molecule has 0 spiro atoms. The van der Waals surface area contributed by atoms with Gasteiger partial charge in [0.15, 0.2) is 5.82 Å². The summed E-state index contributed by atoms with van der Waals surface area (Å²) in [5.41, 5.74) is 3.14. The molecule has 3 amide bonds. The molecule has 0 bridgehead atoms. The number of ether oxygens (including phenoxy) is 1. The molecule has 1 fully saturated rings. The van der Waals surface area contributed by atoms with Gasteiger partial charge in [-0.1, -0.05) is 36.4 Å². The summed E-state index contributed by atoms with van der Waals surface area (Å²) >= 11 is 5.86. The summed E-state index contributed by atoms with van der Waals surface area (Å²) in [6, 6.07) is 19.9. The number of hydrogen-bond acceptors (Lipinski definition) is 8. The number of sulfonamides is 1. The first-order valence-electron chi connectivity index (χ1n) is 16.6. The number of aromatic amines is 1. The first-order valence-corrected chi connectivity index (χ1v) is 18.5. The van der Waals surface area contributed by atoms with Gasteiger partial charge in [-0.2, -0.15) is 0 Å². The standard InChI is InChI=1S/C36H42ClN7O6S/c1-36(2,3)50-35(47)39-21-23-6-10-27(11-7-23)32(45)41-30(33(46)40-28-16-12-26(13-17-28)31-42-34(37)44-43-31)20-22-4-8-24(9-5-22)25-14-18-29(19-15-25)51(38,48)49/h4-5,8-9,12-19,23,27,30H,6-7,10-11,20-21H2,1-3H3,(H,39,47)(H,40,46)(H,41,45)(H2,38,48,49)(H,42,43,44)/t23-,27-,30-/m0/s1. The number of rotatable bonds is 11. The van der Waals surface area contributed by atoms with Gasteiger partial charge >= 0.3 is 6.09 Å². The Morgan fingerprint density at radius 2 is 1.49 bits per heavy atom. The number of nitrogens with zero attached hydrogens (tertiary/aromatic N) is 2. The molecule has 1 saturated carbocycles. The minimum Gasteiger partial charge on any atom is -0.444 e. The molecular formula is C36H42ClN7O6S. The fraction of sp³-hybridized carbons (Fsp3) is 0.361. The second kappa shape index (κ2) is 16.0.